The van der Waals surface area contributed by atoms with Gasteiger partial charge in [0.15, 0.2) is 0 Å². The van der Waals surface area contributed by atoms with Gasteiger partial charge in [0, 0.05) is 12.5 Å². The van der Waals surface area contributed by atoms with Gasteiger partial charge >= 0.3 is 0 Å². The van der Waals surface area contributed by atoms with E-state index >= 15 is 0 Å². The van der Waals surface area contributed by atoms with Gasteiger partial charge in [-0.05, 0) is 12.0 Å². The maximum atomic E-state index is 11.2. The van der Waals surface area contributed by atoms with Crippen LogP contribution in [0, 0.1) is 0 Å². The summed E-state index contributed by atoms with van der Waals surface area (Å²) in [4.78, 5) is 11.2. The molecule has 0 saturated carbocycles. The van der Waals surface area contributed by atoms with Crippen LogP contribution in [0.4, 0.5) is 0 Å². The first-order chi connectivity index (χ1) is 6.77. The Morgan fingerprint density at radius 3 is 2.71 bits per heavy atom. The lowest BCUT2D eigenvalue weighted by molar-refractivity contribution is -0.123. The molecule has 1 unspecified atom stereocenters. The van der Waals surface area contributed by atoms with Crippen molar-refractivity contribution in [1.82, 2.24) is 5.32 Å². The average molecular weight is 190 g/mol. The predicted octanol–water partition coefficient (Wildman–Crippen LogP) is 0.965. The fourth-order valence-corrected chi connectivity index (χ4v) is 1.81. The summed E-state index contributed by atoms with van der Waals surface area (Å²) in [5.41, 5.74) is 7.05. The first kappa shape index (κ1) is 9.21. The number of amides is 1. The molecule has 1 aromatic rings. The summed E-state index contributed by atoms with van der Waals surface area (Å²) in [5, 5.41) is 2.92. The van der Waals surface area contributed by atoms with Gasteiger partial charge < -0.3 is 11.1 Å². The van der Waals surface area contributed by atoms with Crippen molar-refractivity contribution in [2.75, 3.05) is 0 Å². The van der Waals surface area contributed by atoms with Gasteiger partial charge in [-0.25, -0.2) is 0 Å². The number of rotatable bonds is 1. The molecular weight excluding hydrogens is 176 g/mol. The van der Waals surface area contributed by atoms with Crippen molar-refractivity contribution < 1.29 is 4.79 Å². The largest absolute Gasteiger partial charge is 0.348 e. The van der Waals surface area contributed by atoms with E-state index in [-0.39, 0.29) is 18.0 Å². The lowest BCUT2D eigenvalue weighted by Crippen LogP contribution is -2.45. The minimum atomic E-state index is -0.0163. The maximum absolute atomic E-state index is 11.2. The van der Waals surface area contributed by atoms with Gasteiger partial charge in [-0.15, -0.1) is 0 Å². The van der Waals surface area contributed by atoms with Crippen molar-refractivity contribution in [3.05, 3.63) is 35.9 Å². The van der Waals surface area contributed by atoms with E-state index in [1.807, 2.05) is 30.3 Å². The zero-order valence-electron chi connectivity index (χ0n) is 7.94. The van der Waals surface area contributed by atoms with Gasteiger partial charge in [0.05, 0.1) is 6.04 Å². The third kappa shape index (κ3) is 1.77. The molecule has 74 valence electrons. The van der Waals surface area contributed by atoms with Crippen molar-refractivity contribution in [3.63, 3.8) is 0 Å². The molecule has 0 aliphatic carbocycles. The summed E-state index contributed by atoms with van der Waals surface area (Å²) in [6, 6.07) is 9.89. The van der Waals surface area contributed by atoms with Crippen LogP contribution in [0.2, 0.25) is 0 Å². The van der Waals surface area contributed by atoms with Crippen LogP contribution in [-0.2, 0) is 4.79 Å². The van der Waals surface area contributed by atoms with Crippen LogP contribution in [0.5, 0.6) is 0 Å². The summed E-state index contributed by atoms with van der Waals surface area (Å²) in [5.74, 6) is 0.0977. The molecule has 2 rings (SSSR count). The zero-order valence-corrected chi connectivity index (χ0v) is 7.94. The molecule has 1 aliphatic heterocycles. The van der Waals surface area contributed by atoms with Gasteiger partial charge in [0.1, 0.15) is 0 Å². The molecule has 3 nitrogen and oxygen atoms in total. The fraction of sp³-hybridized carbons (Fsp3) is 0.364. The van der Waals surface area contributed by atoms with E-state index in [1.165, 1.54) is 0 Å². The minimum Gasteiger partial charge on any atom is -0.348 e. The van der Waals surface area contributed by atoms with Gasteiger partial charge in [-0.2, -0.15) is 0 Å². The highest BCUT2D eigenvalue weighted by atomic mass is 16.1. The Morgan fingerprint density at radius 2 is 2.00 bits per heavy atom. The molecule has 14 heavy (non-hydrogen) atoms. The number of benzene rings is 1. The third-order valence-electron chi connectivity index (χ3n) is 2.61. The van der Waals surface area contributed by atoms with E-state index < -0.39 is 0 Å². The van der Waals surface area contributed by atoms with Crippen LogP contribution < -0.4 is 11.1 Å². The van der Waals surface area contributed by atoms with E-state index in [9.17, 15) is 4.79 Å². The first-order valence-corrected chi connectivity index (χ1v) is 4.87. The van der Waals surface area contributed by atoms with Crippen molar-refractivity contribution >= 4 is 5.91 Å². The number of hydrogen-bond acceptors (Lipinski definition) is 2. The van der Waals surface area contributed by atoms with Gasteiger partial charge in [0.25, 0.3) is 0 Å². The molecule has 3 N–H and O–H groups in total. The minimum absolute atomic E-state index is 0.0163. The Balaban J connectivity index is 2.20. The number of carbonyl (C=O) groups excluding carboxylic acids is 1. The summed E-state index contributed by atoms with van der Waals surface area (Å²) >= 11 is 0. The van der Waals surface area contributed by atoms with Crippen molar-refractivity contribution in [3.8, 4) is 0 Å². The summed E-state index contributed by atoms with van der Waals surface area (Å²) in [6.07, 6.45) is 1.32. The molecule has 0 aromatic heterocycles. The summed E-state index contributed by atoms with van der Waals surface area (Å²) in [6.45, 7) is 0. The zero-order chi connectivity index (χ0) is 9.97. The third-order valence-corrected chi connectivity index (χ3v) is 2.61. The quantitative estimate of drug-likeness (QED) is 0.693. The SMILES string of the molecule is N[C@H]1CCC(=O)NC1c1ccccc1. The van der Waals surface area contributed by atoms with E-state index in [0.29, 0.717) is 6.42 Å². The van der Waals surface area contributed by atoms with Crippen molar-refractivity contribution in [2.45, 2.75) is 24.9 Å². The molecule has 0 spiro atoms. The van der Waals surface area contributed by atoms with Gasteiger partial charge in [-0.1, -0.05) is 30.3 Å². The Kier molecular flexibility index (Phi) is 2.50. The van der Waals surface area contributed by atoms with Crippen LogP contribution >= 0.6 is 0 Å². The van der Waals surface area contributed by atoms with E-state index in [1.54, 1.807) is 0 Å². The Labute approximate surface area is 83.3 Å². The van der Waals surface area contributed by atoms with Crippen molar-refractivity contribution in [2.24, 2.45) is 5.73 Å². The average Bonchev–Trinajstić information content (AvgIpc) is 2.23. The Morgan fingerprint density at radius 1 is 1.29 bits per heavy atom. The second-order valence-electron chi connectivity index (χ2n) is 3.66. The standard InChI is InChI=1S/C11H14N2O/c12-9-6-7-10(14)13-11(9)8-4-2-1-3-5-8/h1-5,9,11H,6-7,12H2,(H,13,14)/t9-,11?/m0/s1. The topological polar surface area (TPSA) is 55.1 Å². The van der Waals surface area contributed by atoms with E-state index in [2.05, 4.69) is 5.32 Å². The molecule has 1 fully saturated rings. The Bertz CT molecular complexity index is 323. The number of nitrogens with one attached hydrogen (secondary N) is 1. The molecule has 1 heterocycles. The van der Waals surface area contributed by atoms with Gasteiger partial charge in [0.2, 0.25) is 5.91 Å². The molecule has 0 radical (unpaired) electrons. The second kappa shape index (κ2) is 3.80. The van der Waals surface area contributed by atoms with E-state index in [4.69, 9.17) is 5.73 Å². The monoisotopic (exact) mass is 190 g/mol. The predicted molar refractivity (Wildman–Crippen MR) is 54.5 cm³/mol. The highest BCUT2D eigenvalue weighted by Gasteiger charge is 2.26. The fourth-order valence-electron chi connectivity index (χ4n) is 1.81. The maximum Gasteiger partial charge on any atom is 0.220 e. The molecule has 0 bridgehead atoms. The number of piperidine rings is 1. The second-order valence-corrected chi connectivity index (χ2v) is 3.66. The van der Waals surface area contributed by atoms with Crippen LogP contribution in [0.25, 0.3) is 0 Å². The van der Waals surface area contributed by atoms with E-state index in [0.717, 1.165) is 12.0 Å². The summed E-state index contributed by atoms with van der Waals surface area (Å²) in [7, 11) is 0. The highest BCUT2D eigenvalue weighted by Crippen LogP contribution is 2.21. The number of carbonyl (C=O) groups is 1. The molecule has 1 aliphatic rings. The first-order valence-electron chi connectivity index (χ1n) is 4.87. The van der Waals surface area contributed by atoms with Gasteiger partial charge in [-0.3, -0.25) is 4.79 Å². The highest BCUT2D eigenvalue weighted by molar-refractivity contribution is 5.77. The molecule has 2 atom stereocenters. The van der Waals surface area contributed by atoms with Crippen LogP contribution in [0.3, 0.4) is 0 Å². The Hall–Kier alpha value is -1.35. The number of hydrogen-bond donors (Lipinski definition) is 2. The number of nitrogens with two attached hydrogens (primary N) is 1. The van der Waals surface area contributed by atoms with Crippen molar-refractivity contribution in [1.29, 1.82) is 0 Å². The van der Waals surface area contributed by atoms with Crippen LogP contribution in [-0.4, -0.2) is 11.9 Å². The summed E-state index contributed by atoms with van der Waals surface area (Å²) < 4.78 is 0. The van der Waals surface area contributed by atoms with Crippen LogP contribution in [0.15, 0.2) is 30.3 Å². The normalized spacial score (nSPS) is 27.1. The van der Waals surface area contributed by atoms with Crippen LogP contribution in [0.1, 0.15) is 24.4 Å². The molecule has 1 amide bonds. The molecule has 3 heteroatoms. The molecule has 1 aromatic carbocycles. The molecule has 1 saturated heterocycles. The lowest BCUT2D eigenvalue weighted by Gasteiger charge is -2.29. The molecular formula is C11H14N2O. The lowest BCUT2D eigenvalue weighted by atomic mass is 9.93. The smallest absolute Gasteiger partial charge is 0.220 e.